The lowest BCUT2D eigenvalue weighted by Gasteiger charge is -2.27. The molecule has 1 aromatic carbocycles. The van der Waals surface area contributed by atoms with Crippen LogP contribution in [0.25, 0.3) is 0 Å². The second kappa shape index (κ2) is 10.6. The molecule has 1 aromatic heterocycles. The molecular weight excluding hydrogens is 458 g/mol. The molecule has 0 spiro atoms. The SMILES string of the molecule is COCc1ccc(N(C(=O)OC(C)(C)C)c2cc(N(C)C(=O)OC(C)(C)C)ncn2)c([N+](=O)[O-])c1. The first-order valence-electron chi connectivity index (χ1n) is 10.7. The lowest BCUT2D eigenvalue weighted by molar-refractivity contribution is -0.384. The summed E-state index contributed by atoms with van der Waals surface area (Å²) >= 11 is 0. The van der Waals surface area contributed by atoms with Crippen molar-refractivity contribution < 1.29 is 28.7 Å². The van der Waals surface area contributed by atoms with Crippen molar-refractivity contribution in [1.82, 2.24) is 9.97 Å². The molecule has 12 heteroatoms. The monoisotopic (exact) mass is 489 g/mol. The van der Waals surface area contributed by atoms with Gasteiger partial charge in [-0.3, -0.25) is 15.0 Å². The van der Waals surface area contributed by atoms with Gasteiger partial charge in [-0.1, -0.05) is 6.07 Å². The number of aromatic nitrogens is 2. The van der Waals surface area contributed by atoms with E-state index in [1.54, 1.807) is 47.6 Å². The number of ether oxygens (including phenoxy) is 3. The number of nitro benzene ring substituents is 1. The van der Waals surface area contributed by atoms with Gasteiger partial charge in [0.15, 0.2) is 0 Å². The molecular formula is C23H31N5O7. The minimum atomic E-state index is -0.900. The van der Waals surface area contributed by atoms with E-state index < -0.39 is 28.3 Å². The maximum absolute atomic E-state index is 13.2. The van der Waals surface area contributed by atoms with Crippen molar-refractivity contribution in [3.63, 3.8) is 0 Å². The standard InChI is InChI=1S/C23H31N5O7/c1-22(2,3)34-20(29)26(7)18-12-19(25-14-24-18)27(21(30)35-23(4,5)6)16-10-9-15(13-33-8)11-17(16)28(31)32/h9-12,14H,13H2,1-8H3. The normalized spacial score (nSPS) is 11.5. The van der Waals surface area contributed by atoms with Crippen molar-refractivity contribution in [2.45, 2.75) is 59.4 Å². The fourth-order valence-electron chi connectivity index (χ4n) is 2.85. The van der Waals surface area contributed by atoms with Crippen LogP contribution in [0.5, 0.6) is 0 Å². The molecule has 12 nitrogen and oxygen atoms in total. The number of hydrogen-bond acceptors (Lipinski definition) is 9. The third kappa shape index (κ3) is 7.60. The quantitative estimate of drug-likeness (QED) is 0.406. The van der Waals surface area contributed by atoms with Gasteiger partial charge < -0.3 is 14.2 Å². The van der Waals surface area contributed by atoms with E-state index in [0.717, 1.165) is 16.1 Å². The molecule has 0 aliphatic rings. The Balaban J connectivity index is 2.62. The minimum Gasteiger partial charge on any atom is -0.443 e. The lowest BCUT2D eigenvalue weighted by Crippen LogP contribution is -2.36. The summed E-state index contributed by atoms with van der Waals surface area (Å²) in [5, 5.41) is 11.9. The Morgan fingerprint density at radius 2 is 1.54 bits per heavy atom. The van der Waals surface area contributed by atoms with Crippen LogP contribution in [0.2, 0.25) is 0 Å². The summed E-state index contributed by atoms with van der Waals surface area (Å²) in [6.07, 6.45) is -0.445. The first-order valence-corrected chi connectivity index (χ1v) is 10.7. The summed E-state index contributed by atoms with van der Waals surface area (Å²) < 4.78 is 15.9. The summed E-state index contributed by atoms with van der Waals surface area (Å²) in [5.74, 6) is 0.0683. The molecule has 0 N–H and O–H groups in total. The van der Waals surface area contributed by atoms with Gasteiger partial charge >= 0.3 is 12.2 Å². The molecule has 0 saturated heterocycles. The Labute approximate surface area is 204 Å². The van der Waals surface area contributed by atoms with E-state index in [0.29, 0.717) is 5.56 Å². The first-order chi connectivity index (χ1) is 16.1. The minimum absolute atomic E-state index is 0.0396. The van der Waals surface area contributed by atoms with Gasteiger partial charge in [0.1, 0.15) is 34.9 Å². The highest BCUT2D eigenvalue weighted by molar-refractivity contribution is 5.98. The van der Waals surface area contributed by atoms with Crippen LogP contribution in [0.1, 0.15) is 47.1 Å². The van der Waals surface area contributed by atoms with Crippen molar-refractivity contribution in [2.75, 3.05) is 24.0 Å². The van der Waals surface area contributed by atoms with Crippen molar-refractivity contribution in [1.29, 1.82) is 0 Å². The highest BCUT2D eigenvalue weighted by atomic mass is 16.6. The first kappa shape index (κ1) is 27.4. The third-order valence-corrected chi connectivity index (χ3v) is 4.24. The van der Waals surface area contributed by atoms with Crippen LogP contribution in [0, 0.1) is 10.1 Å². The zero-order chi connectivity index (χ0) is 26.6. The fraction of sp³-hybridized carbons (Fsp3) is 0.478. The van der Waals surface area contributed by atoms with Crippen molar-refractivity contribution in [2.24, 2.45) is 0 Å². The Hall–Kier alpha value is -3.80. The maximum atomic E-state index is 13.2. The van der Waals surface area contributed by atoms with Crippen LogP contribution < -0.4 is 9.80 Å². The predicted octanol–water partition coefficient (Wildman–Crippen LogP) is 4.98. The van der Waals surface area contributed by atoms with Gasteiger partial charge in [0, 0.05) is 26.3 Å². The van der Waals surface area contributed by atoms with Gasteiger partial charge in [-0.05, 0) is 53.2 Å². The number of rotatable bonds is 6. The van der Waals surface area contributed by atoms with Crippen LogP contribution >= 0.6 is 0 Å². The molecule has 0 saturated carbocycles. The highest BCUT2D eigenvalue weighted by Gasteiger charge is 2.32. The summed E-state index contributed by atoms with van der Waals surface area (Å²) in [6.45, 7) is 10.3. The molecule has 1 heterocycles. The van der Waals surface area contributed by atoms with E-state index in [1.165, 1.54) is 32.4 Å². The predicted molar refractivity (Wildman–Crippen MR) is 129 cm³/mol. The van der Waals surface area contributed by atoms with E-state index >= 15 is 0 Å². The average molecular weight is 490 g/mol. The Morgan fingerprint density at radius 1 is 0.971 bits per heavy atom. The molecule has 0 atom stereocenters. The van der Waals surface area contributed by atoms with Crippen LogP contribution in [0.3, 0.4) is 0 Å². The number of hydrogen-bond donors (Lipinski definition) is 0. The largest absolute Gasteiger partial charge is 0.443 e. The second-order valence-electron chi connectivity index (χ2n) is 9.60. The molecule has 0 bridgehead atoms. The van der Waals surface area contributed by atoms with Gasteiger partial charge in [0.25, 0.3) is 5.69 Å². The fourth-order valence-corrected chi connectivity index (χ4v) is 2.85. The van der Waals surface area contributed by atoms with E-state index in [4.69, 9.17) is 14.2 Å². The number of carbonyl (C=O) groups is 2. The number of nitro groups is 1. The molecule has 0 aliphatic carbocycles. The molecule has 35 heavy (non-hydrogen) atoms. The number of amides is 2. The number of nitrogens with zero attached hydrogens (tertiary/aromatic N) is 5. The topological polar surface area (TPSA) is 137 Å². The zero-order valence-electron chi connectivity index (χ0n) is 21.2. The molecule has 2 rings (SSSR count). The van der Waals surface area contributed by atoms with E-state index in [9.17, 15) is 19.7 Å². The van der Waals surface area contributed by atoms with Crippen molar-refractivity contribution in [3.05, 3.63) is 46.3 Å². The van der Waals surface area contributed by atoms with Crippen LogP contribution in [0.15, 0.2) is 30.6 Å². The Morgan fingerprint density at radius 3 is 2.09 bits per heavy atom. The zero-order valence-corrected chi connectivity index (χ0v) is 21.2. The molecule has 0 fully saturated rings. The van der Waals surface area contributed by atoms with E-state index in [-0.39, 0.29) is 29.6 Å². The van der Waals surface area contributed by atoms with Crippen LogP contribution in [0.4, 0.5) is 32.6 Å². The van der Waals surface area contributed by atoms with Crippen LogP contribution in [-0.4, -0.2) is 52.4 Å². The van der Waals surface area contributed by atoms with Crippen molar-refractivity contribution >= 4 is 35.2 Å². The van der Waals surface area contributed by atoms with E-state index in [1.807, 2.05) is 0 Å². The number of carbonyl (C=O) groups excluding carboxylic acids is 2. The summed E-state index contributed by atoms with van der Waals surface area (Å²) in [6, 6.07) is 5.65. The summed E-state index contributed by atoms with van der Waals surface area (Å²) in [7, 11) is 2.91. The summed E-state index contributed by atoms with van der Waals surface area (Å²) in [5.41, 5.74) is -1.53. The molecule has 0 aliphatic heterocycles. The highest BCUT2D eigenvalue weighted by Crippen LogP contribution is 2.36. The average Bonchev–Trinajstić information content (AvgIpc) is 2.72. The van der Waals surface area contributed by atoms with Crippen LogP contribution in [-0.2, 0) is 20.8 Å². The smallest absolute Gasteiger partial charge is 0.420 e. The van der Waals surface area contributed by atoms with Gasteiger partial charge in [-0.25, -0.2) is 24.5 Å². The Bertz CT molecular complexity index is 1090. The molecule has 2 amide bonds. The third-order valence-electron chi connectivity index (χ3n) is 4.24. The van der Waals surface area contributed by atoms with Gasteiger partial charge in [0.2, 0.25) is 0 Å². The lowest BCUT2D eigenvalue weighted by atomic mass is 10.1. The number of anilines is 3. The molecule has 190 valence electrons. The molecule has 2 aromatic rings. The van der Waals surface area contributed by atoms with Crippen molar-refractivity contribution in [3.8, 4) is 0 Å². The second-order valence-corrected chi connectivity index (χ2v) is 9.60. The number of benzene rings is 1. The molecule has 0 unspecified atom stereocenters. The van der Waals surface area contributed by atoms with Gasteiger partial charge in [0.05, 0.1) is 11.5 Å². The molecule has 0 radical (unpaired) electrons. The van der Waals surface area contributed by atoms with Gasteiger partial charge in [-0.15, -0.1) is 0 Å². The summed E-state index contributed by atoms with van der Waals surface area (Å²) in [4.78, 5) is 47.4. The maximum Gasteiger partial charge on any atom is 0.420 e. The van der Waals surface area contributed by atoms with Gasteiger partial charge in [-0.2, -0.15) is 0 Å². The Kier molecular flexibility index (Phi) is 8.34. The number of methoxy groups -OCH3 is 1. The van der Waals surface area contributed by atoms with E-state index in [2.05, 4.69) is 9.97 Å².